The summed E-state index contributed by atoms with van der Waals surface area (Å²) in [7, 11) is 1.75. The highest BCUT2D eigenvalue weighted by Gasteiger charge is 2.04. The van der Waals surface area contributed by atoms with Gasteiger partial charge in [-0.15, -0.1) is 0 Å². The molecule has 6 nitrogen and oxygen atoms in total. The number of benzene rings is 1. The molecule has 0 aromatic heterocycles. The quantitative estimate of drug-likeness (QED) is 0.366. The van der Waals surface area contributed by atoms with Crippen molar-refractivity contribution in [3.05, 3.63) is 35.4 Å². The number of carbonyl (C=O) groups is 1. The molecule has 0 radical (unpaired) electrons. The van der Waals surface area contributed by atoms with Crippen molar-refractivity contribution in [3.8, 4) is 0 Å². The highest BCUT2D eigenvalue weighted by molar-refractivity contribution is 5.94. The molecule has 1 aromatic rings. The molecule has 0 aliphatic rings. The van der Waals surface area contributed by atoms with Crippen LogP contribution in [0.2, 0.25) is 0 Å². The predicted octanol–water partition coefficient (Wildman–Crippen LogP) is 1.53. The zero-order valence-electron chi connectivity index (χ0n) is 14.3. The average Bonchev–Trinajstić information content (AvgIpc) is 2.58. The molecule has 0 spiro atoms. The van der Waals surface area contributed by atoms with Gasteiger partial charge in [0.25, 0.3) is 5.91 Å². The molecule has 0 heterocycles. The maximum absolute atomic E-state index is 11.7. The SMILES string of the molecule is CCNC(=O)c1ccc(CNC(=NC)NCCCOCC)cc1. The van der Waals surface area contributed by atoms with Crippen LogP contribution in [0.1, 0.15) is 36.2 Å². The summed E-state index contributed by atoms with van der Waals surface area (Å²) in [4.78, 5) is 15.9. The maximum atomic E-state index is 11.7. The Bertz CT molecular complexity index is 486. The topological polar surface area (TPSA) is 74.8 Å². The van der Waals surface area contributed by atoms with Gasteiger partial charge in [-0.2, -0.15) is 0 Å². The Balaban J connectivity index is 2.36. The number of nitrogens with zero attached hydrogens (tertiary/aromatic N) is 1. The second-order valence-corrected chi connectivity index (χ2v) is 4.96. The van der Waals surface area contributed by atoms with E-state index in [0.717, 1.165) is 37.7 Å². The van der Waals surface area contributed by atoms with Crippen LogP contribution in [0.5, 0.6) is 0 Å². The summed E-state index contributed by atoms with van der Waals surface area (Å²) in [5.41, 5.74) is 1.77. The summed E-state index contributed by atoms with van der Waals surface area (Å²) in [6.45, 7) is 7.50. The van der Waals surface area contributed by atoms with Crippen LogP contribution in [0.3, 0.4) is 0 Å². The van der Waals surface area contributed by atoms with Gasteiger partial charge in [0, 0.05) is 45.5 Å². The van der Waals surface area contributed by atoms with E-state index in [1.165, 1.54) is 0 Å². The largest absolute Gasteiger partial charge is 0.382 e. The minimum absolute atomic E-state index is 0.0428. The number of nitrogens with one attached hydrogen (secondary N) is 3. The van der Waals surface area contributed by atoms with Gasteiger partial charge in [0.2, 0.25) is 0 Å². The molecule has 0 bridgehead atoms. The summed E-state index contributed by atoms with van der Waals surface area (Å²) >= 11 is 0. The number of ether oxygens (including phenoxy) is 1. The zero-order valence-corrected chi connectivity index (χ0v) is 14.3. The predicted molar refractivity (Wildman–Crippen MR) is 93.8 cm³/mol. The molecular weight excluding hydrogens is 292 g/mol. The minimum Gasteiger partial charge on any atom is -0.382 e. The normalized spacial score (nSPS) is 11.2. The summed E-state index contributed by atoms with van der Waals surface area (Å²) in [6, 6.07) is 7.56. The van der Waals surface area contributed by atoms with Crippen molar-refractivity contribution in [1.29, 1.82) is 0 Å². The zero-order chi connectivity index (χ0) is 16.9. The van der Waals surface area contributed by atoms with Crippen molar-refractivity contribution in [2.75, 3.05) is 33.4 Å². The Morgan fingerprint density at radius 3 is 2.48 bits per heavy atom. The van der Waals surface area contributed by atoms with E-state index in [9.17, 15) is 4.79 Å². The summed E-state index contributed by atoms with van der Waals surface area (Å²) in [5, 5.41) is 9.27. The second kappa shape index (κ2) is 11.5. The molecule has 0 saturated heterocycles. The molecular formula is C17H28N4O2. The number of hydrogen-bond donors (Lipinski definition) is 3. The lowest BCUT2D eigenvalue weighted by molar-refractivity contribution is 0.0956. The standard InChI is InChI=1S/C17H28N4O2/c1-4-19-16(22)15-9-7-14(8-10-15)13-21-17(18-3)20-11-6-12-23-5-2/h7-10H,4-6,11-13H2,1-3H3,(H,19,22)(H2,18,20,21). The molecule has 0 fully saturated rings. The van der Waals surface area contributed by atoms with E-state index in [1.807, 2.05) is 38.1 Å². The first-order chi connectivity index (χ1) is 11.2. The summed E-state index contributed by atoms with van der Waals surface area (Å²) in [5.74, 6) is 0.716. The molecule has 1 amide bonds. The van der Waals surface area contributed by atoms with Crippen LogP contribution < -0.4 is 16.0 Å². The number of rotatable bonds is 9. The van der Waals surface area contributed by atoms with E-state index in [0.29, 0.717) is 18.7 Å². The van der Waals surface area contributed by atoms with E-state index < -0.39 is 0 Å². The van der Waals surface area contributed by atoms with Crippen molar-refractivity contribution in [1.82, 2.24) is 16.0 Å². The van der Waals surface area contributed by atoms with Crippen LogP contribution in [-0.4, -0.2) is 45.2 Å². The Hall–Kier alpha value is -2.08. The Kier molecular flexibility index (Phi) is 9.47. The molecule has 0 aliphatic heterocycles. The van der Waals surface area contributed by atoms with Gasteiger partial charge in [-0.05, 0) is 38.0 Å². The van der Waals surface area contributed by atoms with Gasteiger partial charge in [-0.1, -0.05) is 12.1 Å². The van der Waals surface area contributed by atoms with Crippen molar-refractivity contribution in [3.63, 3.8) is 0 Å². The van der Waals surface area contributed by atoms with Crippen LogP contribution >= 0.6 is 0 Å². The highest BCUT2D eigenvalue weighted by Crippen LogP contribution is 2.04. The third kappa shape index (κ3) is 7.65. The molecule has 1 aromatic carbocycles. The fourth-order valence-electron chi connectivity index (χ4n) is 1.97. The molecule has 1 rings (SSSR count). The maximum Gasteiger partial charge on any atom is 0.251 e. The number of guanidine groups is 1. The first-order valence-corrected chi connectivity index (χ1v) is 8.10. The molecule has 23 heavy (non-hydrogen) atoms. The number of aliphatic imine (C=N–C) groups is 1. The van der Waals surface area contributed by atoms with E-state index in [-0.39, 0.29) is 5.91 Å². The van der Waals surface area contributed by atoms with E-state index in [1.54, 1.807) is 7.05 Å². The fraction of sp³-hybridized carbons (Fsp3) is 0.529. The van der Waals surface area contributed by atoms with Crippen LogP contribution in [-0.2, 0) is 11.3 Å². The van der Waals surface area contributed by atoms with Crippen molar-refractivity contribution < 1.29 is 9.53 Å². The molecule has 0 aliphatic carbocycles. The van der Waals surface area contributed by atoms with Crippen LogP contribution in [0.15, 0.2) is 29.3 Å². The fourth-order valence-corrected chi connectivity index (χ4v) is 1.97. The monoisotopic (exact) mass is 320 g/mol. The van der Waals surface area contributed by atoms with E-state index in [4.69, 9.17) is 4.74 Å². The summed E-state index contributed by atoms with van der Waals surface area (Å²) in [6.07, 6.45) is 0.940. The number of hydrogen-bond acceptors (Lipinski definition) is 3. The minimum atomic E-state index is -0.0428. The van der Waals surface area contributed by atoms with E-state index in [2.05, 4.69) is 20.9 Å². The van der Waals surface area contributed by atoms with Gasteiger partial charge in [0.15, 0.2) is 5.96 Å². The van der Waals surface area contributed by atoms with Gasteiger partial charge in [-0.25, -0.2) is 0 Å². The van der Waals surface area contributed by atoms with Gasteiger partial charge in [-0.3, -0.25) is 9.79 Å². The second-order valence-electron chi connectivity index (χ2n) is 4.96. The third-order valence-electron chi connectivity index (χ3n) is 3.20. The Labute approximate surface area is 138 Å². The van der Waals surface area contributed by atoms with Gasteiger partial charge >= 0.3 is 0 Å². The van der Waals surface area contributed by atoms with Crippen LogP contribution in [0.25, 0.3) is 0 Å². The lowest BCUT2D eigenvalue weighted by atomic mass is 10.1. The lowest BCUT2D eigenvalue weighted by Gasteiger charge is -2.12. The smallest absolute Gasteiger partial charge is 0.251 e. The molecule has 6 heteroatoms. The van der Waals surface area contributed by atoms with Crippen molar-refractivity contribution in [2.24, 2.45) is 4.99 Å². The first kappa shape index (κ1) is 19.0. The summed E-state index contributed by atoms with van der Waals surface area (Å²) < 4.78 is 5.29. The molecule has 0 unspecified atom stereocenters. The van der Waals surface area contributed by atoms with Crippen molar-refractivity contribution in [2.45, 2.75) is 26.8 Å². The van der Waals surface area contributed by atoms with Gasteiger partial charge in [0.1, 0.15) is 0 Å². The van der Waals surface area contributed by atoms with Gasteiger partial charge in [0.05, 0.1) is 0 Å². The third-order valence-corrected chi connectivity index (χ3v) is 3.20. The first-order valence-electron chi connectivity index (χ1n) is 8.10. The number of amides is 1. The molecule has 0 atom stereocenters. The van der Waals surface area contributed by atoms with Crippen molar-refractivity contribution >= 4 is 11.9 Å². The Morgan fingerprint density at radius 1 is 1.13 bits per heavy atom. The van der Waals surface area contributed by atoms with Crippen LogP contribution in [0, 0.1) is 0 Å². The highest BCUT2D eigenvalue weighted by atomic mass is 16.5. The Morgan fingerprint density at radius 2 is 1.87 bits per heavy atom. The average molecular weight is 320 g/mol. The molecule has 0 saturated carbocycles. The molecule has 3 N–H and O–H groups in total. The van der Waals surface area contributed by atoms with Crippen LogP contribution in [0.4, 0.5) is 0 Å². The molecule has 128 valence electrons. The van der Waals surface area contributed by atoms with Gasteiger partial charge < -0.3 is 20.7 Å². The lowest BCUT2D eigenvalue weighted by Crippen LogP contribution is -2.37. The number of carbonyl (C=O) groups excluding carboxylic acids is 1. The van der Waals surface area contributed by atoms with E-state index >= 15 is 0 Å².